The van der Waals surface area contributed by atoms with E-state index < -0.39 is 0 Å². The van der Waals surface area contributed by atoms with Gasteiger partial charge in [-0.3, -0.25) is 9.89 Å². The third-order valence-electron chi connectivity index (χ3n) is 2.88. The molecule has 102 valence electrons. The van der Waals surface area contributed by atoms with E-state index in [1.165, 1.54) is 0 Å². The lowest BCUT2D eigenvalue weighted by Gasteiger charge is -2.31. The van der Waals surface area contributed by atoms with Crippen LogP contribution in [0.1, 0.15) is 43.4 Å². The van der Waals surface area contributed by atoms with Gasteiger partial charge >= 0.3 is 0 Å². The molecule has 0 aromatic carbocycles. The molecule has 0 radical (unpaired) electrons. The number of carbonyl (C=O) groups excluding carboxylic acids is 1. The smallest absolute Gasteiger partial charge is 0.274 e. The third-order valence-corrected chi connectivity index (χ3v) is 2.88. The molecule has 1 aromatic heterocycles. The van der Waals surface area contributed by atoms with Crippen LogP contribution in [0.4, 0.5) is 0 Å². The number of nitrogens with zero attached hydrogens (tertiary/aromatic N) is 2. The SMILES string of the molecule is CCCN(CC(C)(C)CN)C(=O)c1cc(C)[nH]n1. The minimum absolute atomic E-state index is 0.0253. The Morgan fingerprint density at radius 1 is 1.56 bits per heavy atom. The minimum atomic E-state index is -0.0732. The Kier molecular flexibility index (Phi) is 4.90. The fourth-order valence-corrected chi connectivity index (χ4v) is 1.79. The Labute approximate surface area is 109 Å². The number of aryl methyl sites for hydroxylation is 1. The second kappa shape index (κ2) is 6.00. The molecule has 0 saturated carbocycles. The van der Waals surface area contributed by atoms with Crippen LogP contribution in [0, 0.1) is 12.3 Å². The first kappa shape index (κ1) is 14.7. The van der Waals surface area contributed by atoms with E-state index in [4.69, 9.17) is 5.73 Å². The minimum Gasteiger partial charge on any atom is -0.337 e. The van der Waals surface area contributed by atoms with Gasteiger partial charge in [0, 0.05) is 18.8 Å². The lowest BCUT2D eigenvalue weighted by Crippen LogP contribution is -2.42. The number of amides is 1. The maximum atomic E-state index is 12.3. The standard InChI is InChI=1S/C13H24N4O/c1-5-6-17(9-13(3,4)8-14)12(18)11-7-10(2)15-16-11/h7H,5-6,8-9,14H2,1-4H3,(H,15,16). The van der Waals surface area contributed by atoms with Gasteiger partial charge in [0.15, 0.2) is 0 Å². The molecule has 0 aliphatic heterocycles. The van der Waals surface area contributed by atoms with E-state index in [-0.39, 0.29) is 11.3 Å². The zero-order valence-electron chi connectivity index (χ0n) is 11.8. The van der Waals surface area contributed by atoms with Gasteiger partial charge in [0.1, 0.15) is 5.69 Å². The average Bonchev–Trinajstić information content (AvgIpc) is 2.74. The van der Waals surface area contributed by atoms with Crippen molar-refractivity contribution in [1.29, 1.82) is 0 Å². The van der Waals surface area contributed by atoms with Crippen molar-refractivity contribution < 1.29 is 4.79 Å². The molecule has 1 amide bonds. The van der Waals surface area contributed by atoms with E-state index in [1.54, 1.807) is 6.07 Å². The number of nitrogens with one attached hydrogen (secondary N) is 1. The Hall–Kier alpha value is -1.36. The first-order chi connectivity index (χ1) is 8.39. The van der Waals surface area contributed by atoms with Gasteiger partial charge in [-0.25, -0.2) is 0 Å². The van der Waals surface area contributed by atoms with Gasteiger partial charge < -0.3 is 10.6 Å². The molecular weight excluding hydrogens is 228 g/mol. The van der Waals surface area contributed by atoms with E-state index in [0.717, 1.165) is 18.7 Å². The number of rotatable bonds is 6. The number of aromatic amines is 1. The van der Waals surface area contributed by atoms with Crippen LogP contribution < -0.4 is 5.73 Å². The third kappa shape index (κ3) is 3.84. The number of H-pyrrole nitrogens is 1. The van der Waals surface area contributed by atoms with Gasteiger partial charge in [0.2, 0.25) is 0 Å². The van der Waals surface area contributed by atoms with Crippen LogP contribution >= 0.6 is 0 Å². The van der Waals surface area contributed by atoms with Crippen LogP contribution in [0.15, 0.2) is 6.07 Å². The summed E-state index contributed by atoms with van der Waals surface area (Å²) in [7, 11) is 0. The van der Waals surface area contributed by atoms with Crippen molar-refractivity contribution in [2.24, 2.45) is 11.1 Å². The average molecular weight is 252 g/mol. The van der Waals surface area contributed by atoms with Crippen LogP contribution in [0.2, 0.25) is 0 Å². The van der Waals surface area contributed by atoms with Crippen LogP contribution in [0.25, 0.3) is 0 Å². The maximum Gasteiger partial charge on any atom is 0.274 e. The maximum absolute atomic E-state index is 12.3. The van der Waals surface area contributed by atoms with E-state index in [1.807, 2.05) is 11.8 Å². The van der Waals surface area contributed by atoms with Crippen molar-refractivity contribution >= 4 is 5.91 Å². The van der Waals surface area contributed by atoms with Gasteiger partial charge in [0.05, 0.1) is 0 Å². The first-order valence-electron chi connectivity index (χ1n) is 6.41. The highest BCUT2D eigenvalue weighted by Gasteiger charge is 2.25. The highest BCUT2D eigenvalue weighted by Crippen LogP contribution is 2.17. The summed E-state index contributed by atoms with van der Waals surface area (Å²) in [4.78, 5) is 14.2. The predicted octanol–water partition coefficient (Wildman–Crippen LogP) is 1.56. The fourth-order valence-electron chi connectivity index (χ4n) is 1.79. The summed E-state index contributed by atoms with van der Waals surface area (Å²) < 4.78 is 0. The molecule has 3 N–H and O–H groups in total. The predicted molar refractivity (Wildman–Crippen MR) is 72.4 cm³/mol. The fraction of sp³-hybridized carbons (Fsp3) is 0.692. The summed E-state index contributed by atoms with van der Waals surface area (Å²) in [6.45, 7) is 10.0. The largest absolute Gasteiger partial charge is 0.337 e. The Bertz CT molecular complexity index is 397. The second-order valence-corrected chi connectivity index (χ2v) is 5.53. The lowest BCUT2D eigenvalue weighted by molar-refractivity contribution is 0.0683. The number of hydrogen-bond acceptors (Lipinski definition) is 3. The molecule has 0 atom stereocenters. The van der Waals surface area contributed by atoms with Crippen LogP contribution in [-0.2, 0) is 0 Å². The molecule has 18 heavy (non-hydrogen) atoms. The molecule has 0 unspecified atom stereocenters. The molecule has 0 bridgehead atoms. The van der Waals surface area contributed by atoms with Crippen molar-refractivity contribution in [3.63, 3.8) is 0 Å². The first-order valence-corrected chi connectivity index (χ1v) is 6.41. The highest BCUT2D eigenvalue weighted by molar-refractivity contribution is 5.92. The number of carbonyl (C=O) groups is 1. The molecule has 0 aliphatic rings. The van der Waals surface area contributed by atoms with Crippen LogP contribution in [0.5, 0.6) is 0 Å². The molecule has 1 aromatic rings. The van der Waals surface area contributed by atoms with Gasteiger partial charge in [-0.2, -0.15) is 5.10 Å². The number of hydrogen-bond donors (Lipinski definition) is 2. The molecule has 1 heterocycles. The molecule has 5 nitrogen and oxygen atoms in total. The summed E-state index contributed by atoms with van der Waals surface area (Å²) >= 11 is 0. The van der Waals surface area contributed by atoms with E-state index in [0.29, 0.717) is 18.8 Å². The summed E-state index contributed by atoms with van der Waals surface area (Å²) in [5.74, 6) is -0.0253. The molecule has 5 heteroatoms. The van der Waals surface area contributed by atoms with Crippen LogP contribution in [0.3, 0.4) is 0 Å². The number of aromatic nitrogens is 2. The van der Waals surface area contributed by atoms with Crippen molar-refractivity contribution in [1.82, 2.24) is 15.1 Å². The normalized spacial score (nSPS) is 11.6. The summed E-state index contributed by atoms with van der Waals surface area (Å²) in [6.07, 6.45) is 0.926. The zero-order valence-corrected chi connectivity index (χ0v) is 11.8. The Morgan fingerprint density at radius 3 is 2.67 bits per heavy atom. The topological polar surface area (TPSA) is 75.0 Å². The molecule has 0 aliphatic carbocycles. The van der Waals surface area contributed by atoms with E-state index in [9.17, 15) is 4.79 Å². The molecular formula is C13H24N4O. The van der Waals surface area contributed by atoms with Gasteiger partial charge in [0.25, 0.3) is 5.91 Å². The second-order valence-electron chi connectivity index (χ2n) is 5.53. The zero-order chi connectivity index (χ0) is 13.8. The van der Waals surface area contributed by atoms with Crippen molar-refractivity contribution in [2.75, 3.05) is 19.6 Å². The monoisotopic (exact) mass is 252 g/mol. The number of nitrogens with two attached hydrogens (primary N) is 1. The van der Waals surface area contributed by atoms with Crippen molar-refractivity contribution in [3.8, 4) is 0 Å². The van der Waals surface area contributed by atoms with Crippen molar-refractivity contribution in [3.05, 3.63) is 17.5 Å². The molecule has 0 fully saturated rings. The van der Waals surface area contributed by atoms with E-state index >= 15 is 0 Å². The Morgan fingerprint density at radius 2 is 2.22 bits per heavy atom. The highest BCUT2D eigenvalue weighted by atomic mass is 16.2. The summed E-state index contributed by atoms with van der Waals surface area (Å²) in [5.41, 5.74) is 7.04. The molecule has 0 saturated heterocycles. The quantitative estimate of drug-likeness (QED) is 0.806. The van der Waals surface area contributed by atoms with Gasteiger partial charge in [-0.1, -0.05) is 20.8 Å². The van der Waals surface area contributed by atoms with Crippen LogP contribution in [-0.4, -0.2) is 40.6 Å². The summed E-state index contributed by atoms with van der Waals surface area (Å²) in [6, 6.07) is 1.78. The summed E-state index contributed by atoms with van der Waals surface area (Å²) in [5, 5.41) is 6.83. The van der Waals surface area contributed by atoms with Crippen molar-refractivity contribution in [2.45, 2.75) is 34.1 Å². The van der Waals surface area contributed by atoms with Gasteiger partial charge in [-0.05, 0) is 31.4 Å². The van der Waals surface area contributed by atoms with E-state index in [2.05, 4.69) is 31.0 Å². The molecule has 0 spiro atoms. The molecule has 1 rings (SSSR count). The Balaban J connectivity index is 2.81. The van der Waals surface area contributed by atoms with Gasteiger partial charge in [-0.15, -0.1) is 0 Å². The lowest BCUT2D eigenvalue weighted by atomic mass is 9.93.